The highest BCUT2D eigenvalue weighted by Crippen LogP contribution is 2.27. The van der Waals surface area contributed by atoms with Gasteiger partial charge in [0.05, 0.1) is 5.69 Å². The lowest BCUT2D eigenvalue weighted by atomic mass is 9.97. The number of rotatable bonds is 2. The van der Waals surface area contributed by atoms with Gasteiger partial charge in [0.1, 0.15) is 5.82 Å². The Hall–Kier alpha value is -2.17. The molecule has 0 fully saturated rings. The van der Waals surface area contributed by atoms with E-state index in [1.807, 2.05) is 0 Å². The molecule has 0 unspecified atom stereocenters. The quantitative estimate of drug-likeness (QED) is 0.903. The van der Waals surface area contributed by atoms with E-state index < -0.39 is 5.82 Å². The molecular formula is C14H13FN2O2. The maximum atomic E-state index is 13.1. The molecule has 1 N–H and O–H groups in total. The first-order valence-corrected chi connectivity index (χ1v) is 6.28. The molecule has 1 aromatic heterocycles. The number of carbonyl (C=O) groups is 1. The van der Waals surface area contributed by atoms with Crippen molar-refractivity contribution in [3.8, 4) is 0 Å². The van der Waals surface area contributed by atoms with Crippen LogP contribution in [0.25, 0.3) is 0 Å². The van der Waals surface area contributed by atoms with Gasteiger partial charge in [-0.1, -0.05) is 11.2 Å². The van der Waals surface area contributed by atoms with Crippen LogP contribution in [-0.4, -0.2) is 11.1 Å². The van der Waals surface area contributed by atoms with E-state index in [4.69, 9.17) is 4.52 Å². The third kappa shape index (κ3) is 2.36. The summed E-state index contributed by atoms with van der Waals surface area (Å²) in [7, 11) is 0. The molecule has 98 valence electrons. The summed E-state index contributed by atoms with van der Waals surface area (Å²) >= 11 is 0. The maximum absolute atomic E-state index is 13.1. The van der Waals surface area contributed by atoms with Gasteiger partial charge in [-0.2, -0.15) is 0 Å². The lowest BCUT2D eigenvalue weighted by Gasteiger charge is -2.09. The second-order valence-corrected chi connectivity index (χ2v) is 4.61. The lowest BCUT2D eigenvalue weighted by molar-refractivity contribution is 0.102. The number of benzene rings is 1. The molecule has 0 radical (unpaired) electrons. The monoisotopic (exact) mass is 260 g/mol. The predicted octanol–water partition coefficient (Wildman–Crippen LogP) is 2.94. The van der Waals surface area contributed by atoms with Gasteiger partial charge in [-0.25, -0.2) is 4.39 Å². The number of amides is 1. The van der Waals surface area contributed by atoms with Gasteiger partial charge in [-0.3, -0.25) is 10.1 Å². The van der Waals surface area contributed by atoms with Gasteiger partial charge in [0.2, 0.25) is 5.88 Å². The molecule has 0 saturated heterocycles. The van der Waals surface area contributed by atoms with Crippen molar-refractivity contribution < 1.29 is 13.7 Å². The number of halogens is 1. The van der Waals surface area contributed by atoms with Crippen LogP contribution in [-0.2, 0) is 12.8 Å². The van der Waals surface area contributed by atoms with E-state index in [-0.39, 0.29) is 11.5 Å². The molecular weight excluding hydrogens is 247 g/mol. The fourth-order valence-corrected chi connectivity index (χ4v) is 2.29. The molecule has 5 heteroatoms. The van der Waals surface area contributed by atoms with Crippen LogP contribution in [0.4, 0.5) is 10.3 Å². The van der Waals surface area contributed by atoms with Crippen LogP contribution in [0.5, 0.6) is 0 Å². The van der Waals surface area contributed by atoms with Gasteiger partial charge < -0.3 is 4.52 Å². The fourth-order valence-electron chi connectivity index (χ4n) is 2.29. The molecule has 1 aromatic carbocycles. The number of hydrogen-bond acceptors (Lipinski definition) is 3. The minimum absolute atomic E-state index is 0.265. The zero-order valence-corrected chi connectivity index (χ0v) is 10.3. The number of aryl methyl sites for hydroxylation is 1. The molecule has 19 heavy (non-hydrogen) atoms. The number of carbonyl (C=O) groups excluding carboxylic acids is 1. The summed E-state index contributed by atoms with van der Waals surface area (Å²) in [6.45, 7) is 0. The molecule has 1 aliphatic rings. The minimum atomic E-state index is -0.438. The molecule has 2 aromatic rings. The largest absolute Gasteiger partial charge is 0.338 e. The van der Waals surface area contributed by atoms with E-state index in [1.165, 1.54) is 18.2 Å². The van der Waals surface area contributed by atoms with Crippen LogP contribution in [0.2, 0.25) is 0 Å². The van der Waals surface area contributed by atoms with Crippen molar-refractivity contribution in [3.63, 3.8) is 0 Å². The Morgan fingerprint density at radius 2 is 2.16 bits per heavy atom. The van der Waals surface area contributed by atoms with Gasteiger partial charge in [0.15, 0.2) is 0 Å². The Balaban J connectivity index is 1.82. The van der Waals surface area contributed by atoms with Crippen LogP contribution in [0.15, 0.2) is 28.8 Å². The van der Waals surface area contributed by atoms with Crippen LogP contribution in [0.1, 0.15) is 34.5 Å². The van der Waals surface area contributed by atoms with E-state index in [9.17, 15) is 9.18 Å². The Bertz CT molecular complexity index is 622. The third-order valence-corrected chi connectivity index (χ3v) is 3.27. The van der Waals surface area contributed by atoms with Crippen LogP contribution in [0, 0.1) is 5.82 Å². The number of nitrogens with one attached hydrogen (secondary N) is 1. The summed E-state index contributed by atoms with van der Waals surface area (Å²) in [5, 5.41) is 6.62. The van der Waals surface area contributed by atoms with Crippen molar-refractivity contribution in [2.45, 2.75) is 25.7 Å². The van der Waals surface area contributed by atoms with E-state index in [0.717, 1.165) is 36.9 Å². The number of anilines is 1. The average molecular weight is 260 g/mol. The Labute approximate surface area is 109 Å². The first kappa shape index (κ1) is 11.9. The maximum Gasteiger partial charge on any atom is 0.258 e. The van der Waals surface area contributed by atoms with E-state index in [2.05, 4.69) is 10.5 Å². The van der Waals surface area contributed by atoms with Crippen molar-refractivity contribution in [3.05, 3.63) is 46.9 Å². The SMILES string of the molecule is O=C(Nc1onc2c1CCCC2)c1cccc(F)c1. The van der Waals surface area contributed by atoms with E-state index in [1.54, 1.807) is 6.07 Å². The molecule has 1 aliphatic carbocycles. The fraction of sp³-hybridized carbons (Fsp3) is 0.286. The topological polar surface area (TPSA) is 55.1 Å². The highest BCUT2D eigenvalue weighted by Gasteiger charge is 2.21. The Morgan fingerprint density at radius 1 is 1.32 bits per heavy atom. The average Bonchev–Trinajstić information content (AvgIpc) is 2.82. The molecule has 0 saturated carbocycles. The summed E-state index contributed by atoms with van der Waals surface area (Å²) in [6, 6.07) is 5.55. The van der Waals surface area contributed by atoms with Crippen molar-refractivity contribution in [2.75, 3.05) is 5.32 Å². The molecule has 3 rings (SSSR count). The number of fused-ring (bicyclic) bond motifs is 1. The number of hydrogen-bond donors (Lipinski definition) is 1. The van der Waals surface area contributed by atoms with Crippen molar-refractivity contribution in [1.82, 2.24) is 5.16 Å². The van der Waals surface area contributed by atoms with Crippen molar-refractivity contribution >= 4 is 11.8 Å². The van der Waals surface area contributed by atoms with E-state index >= 15 is 0 Å². The van der Waals surface area contributed by atoms with Crippen LogP contribution < -0.4 is 5.32 Å². The number of aromatic nitrogens is 1. The number of nitrogens with zero attached hydrogens (tertiary/aromatic N) is 1. The molecule has 0 atom stereocenters. The smallest absolute Gasteiger partial charge is 0.258 e. The first-order chi connectivity index (χ1) is 9.24. The zero-order valence-electron chi connectivity index (χ0n) is 10.3. The van der Waals surface area contributed by atoms with Gasteiger partial charge in [-0.05, 0) is 43.9 Å². The third-order valence-electron chi connectivity index (χ3n) is 3.27. The van der Waals surface area contributed by atoms with Gasteiger partial charge >= 0.3 is 0 Å². The highest BCUT2D eigenvalue weighted by molar-refractivity contribution is 6.03. The molecule has 0 aliphatic heterocycles. The summed E-state index contributed by atoms with van der Waals surface area (Å²) in [4.78, 5) is 12.0. The van der Waals surface area contributed by atoms with Gasteiger partial charge in [-0.15, -0.1) is 0 Å². The van der Waals surface area contributed by atoms with Crippen LogP contribution in [0.3, 0.4) is 0 Å². The Kier molecular flexibility index (Phi) is 3.03. The highest BCUT2D eigenvalue weighted by atomic mass is 19.1. The Morgan fingerprint density at radius 3 is 3.00 bits per heavy atom. The molecule has 0 spiro atoms. The summed E-state index contributed by atoms with van der Waals surface area (Å²) in [5.41, 5.74) is 2.15. The van der Waals surface area contributed by atoms with E-state index in [0.29, 0.717) is 5.88 Å². The molecule has 1 heterocycles. The summed E-state index contributed by atoms with van der Waals surface area (Å²) in [6.07, 6.45) is 3.90. The molecule has 4 nitrogen and oxygen atoms in total. The molecule has 1 amide bonds. The standard InChI is InChI=1S/C14H13FN2O2/c15-10-5-3-4-9(8-10)13(18)16-14-11-6-1-2-7-12(11)17-19-14/h3-5,8H,1-2,6-7H2,(H,16,18). The first-order valence-electron chi connectivity index (χ1n) is 6.28. The van der Waals surface area contributed by atoms with Gasteiger partial charge in [0.25, 0.3) is 5.91 Å². The minimum Gasteiger partial charge on any atom is -0.338 e. The second-order valence-electron chi connectivity index (χ2n) is 4.61. The predicted molar refractivity (Wildman–Crippen MR) is 67.5 cm³/mol. The van der Waals surface area contributed by atoms with Crippen LogP contribution >= 0.6 is 0 Å². The van der Waals surface area contributed by atoms with Gasteiger partial charge in [0, 0.05) is 11.1 Å². The summed E-state index contributed by atoms with van der Waals surface area (Å²) in [5.74, 6) is -0.430. The van der Waals surface area contributed by atoms with Crippen molar-refractivity contribution in [1.29, 1.82) is 0 Å². The zero-order chi connectivity index (χ0) is 13.2. The van der Waals surface area contributed by atoms with Crippen molar-refractivity contribution in [2.24, 2.45) is 0 Å². The second kappa shape index (κ2) is 4.84. The summed E-state index contributed by atoms with van der Waals surface area (Å²) < 4.78 is 18.2. The molecule has 0 bridgehead atoms. The lowest BCUT2D eigenvalue weighted by Crippen LogP contribution is -2.13. The normalized spacial score (nSPS) is 13.9.